The van der Waals surface area contributed by atoms with Gasteiger partial charge in [-0.1, -0.05) is 19.1 Å². The van der Waals surface area contributed by atoms with Gasteiger partial charge in [-0.05, 0) is 43.0 Å². The van der Waals surface area contributed by atoms with Crippen LogP contribution in [0.15, 0.2) is 36.7 Å². The summed E-state index contributed by atoms with van der Waals surface area (Å²) < 4.78 is 1.48. The molecular weight excluding hydrogens is 342 g/mol. The number of carbonyl (C=O) groups is 2. The Morgan fingerprint density at radius 1 is 1.26 bits per heavy atom. The number of hydrogen-bond acceptors (Lipinski definition) is 4. The van der Waals surface area contributed by atoms with Crippen molar-refractivity contribution in [3.8, 4) is 0 Å². The van der Waals surface area contributed by atoms with E-state index in [1.165, 1.54) is 29.3 Å². The van der Waals surface area contributed by atoms with E-state index in [2.05, 4.69) is 27.6 Å². The molecule has 7 heteroatoms. The molecule has 3 rings (SSSR count). The average molecular weight is 369 g/mol. The molecule has 7 nitrogen and oxygen atoms in total. The van der Waals surface area contributed by atoms with Gasteiger partial charge in [0, 0.05) is 31.9 Å². The fraction of sp³-hybridized carbons (Fsp3) is 0.450. The number of nitrogens with zero attached hydrogens (tertiary/aromatic N) is 3. The van der Waals surface area contributed by atoms with Crippen molar-refractivity contribution in [1.82, 2.24) is 20.0 Å². The second kappa shape index (κ2) is 8.81. The summed E-state index contributed by atoms with van der Waals surface area (Å²) in [6, 6.07) is 7.74. The molecule has 2 aromatic rings. The number of rotatable bonds is 6. The normalized spacial score (nSPS) is 17.5. The molecule has 2 N–H and O–H groups in total. The van der Waals surface area contributed by atoms with Crippen molar-refractivity contribution in [1.29, 1.82) is 0 Å². The summed E-state index contributed by atoms with van der Waals surface area (Å²) in [5, 5.41) is 9.42. The summed E-state index contributed by atoms with van der Waals surface area (Å²) in [7, 11) is 1.57. The Morgan fingerprint density at radius 2 is 2.04 bits per heavy atom. The Labute approximate surface area is 159 Å². The second-order valence-corrected chi connectivity index (χ2v) is 7.23. The molecule has 1 atom stereocenters. The third-order valence-corrected chi connectivity index (χ3v) is 4.84. The number of carbonyl (C=O) groups excluding carboxylic acids is 2. The Bertz CT molecular complexity index is 784. The first kappa shape index (κ1) is 19.1. The van der Waals surface area contributed by atoms with E-state index in [1.54, 1.807) is 13.2 Å². The molecule has 0 spiro atoms. The molecule has 1 fully saturated rings. The lowest BCUT2D eigenvalue weighted by molar-refractivity contribution is -0.121. The molecule has 0 bridgehead atoms. The van der Waals surface area contributed by atoms with Gasteiger partial charge in [-0.25, -0.2) is 0 Å². The van der Waals surface area contributed by atoms with Crippen LogP contribution in [-0.2, 0) is 17.9 Å². The van der Waals surface area contributed by atoms with E-state index in [1.807, 2.05) is 24.3 Å². The maximum Gasteiger partial charge on any atom is 0.255 e. The van der Waals surface area contributed by atoms with E-state index in [0.717, 1.165) is 25.6 Å². The van der Waals surface area contributed by atoms with Crippen molar-refractivity contribution in [2.45, 2.75) is 32.9 Å². The number of nitrogens with one attached hydrogen (secondary N) is 2. The minimum Gasteiger partial charge on any atom is -0.358 e. The first-order valence-electron chi connectivity index (χ1n) is 9.39. The lowest BCUT2D eigenvalue weighted by atomic mass is 9.99. The third-order valence-electron chi connectivity index (χ3n) is 4.84. The van der Waals surface area contributed by atoms with Crippen LogP contribution >= 0.6 is 0 Å². The highest BCUT2D eigenvalue weighted by Gasteiger charge is 2.16. The number of piperidine rings is 1. The van der Waals surface area contributed by atoms with Crippen molar-refractivity contribution < 1.29 is 9.59 Å². The topological polar surface area (TPSA) is 79.3 Å². The fourth-order valence-corrected chi connectivity index (χ4v) is 3.39. The van der Waals surface area contributed by atoms with Gasteiger partial charge in [-0.2, -0.15) is 5.10 Å². The van der Waals surface area contributed by atoms with Crippen molar-refractivity contribution in [2.24, 2.45) is 5.92 Å². The van der Waals surface area contributed by atoms with E-state index in [-0.39, 0.29) is 18.4 Å². The zero-order valence-electron chi connectivity index (χ0n) is 15.9. The fourth-order valence-electron chi connectivity index (χ4n) is 3.39. The second-order valence-electron chi connectivity index (χ2n) is 7.23. The molecule has 144 valence electrons. The van der Waals surface area contributed by atoms with Crippen LogP contribution in [-0.4, -0.2) is 46.6 Å². The molecular formula is C20H27N5O2. The summed E-state index contributed by atoms with van der Waals surface area (Å²) in [6.45, 7) is 5.64. The van der Waals surface area contributed by atoms with E-state index in [4.69, 9.17) is 0 Å². The third kappa shape index (κ3) is 5.40. The van der Waals surface area contributed by atoms with Crippen molar-refractivity contribution in [3.05, 3.63) is 47.8 Å². The molecule has 1 aromatic heterocycles. The molecule has 1 aromatic carbocycles. The smallest absolute Gasteiger partial charge is 0.255 e. The van der Waals surface area contributed by atoms with Crippen molar-refractivity contribution in [3.63, 3.8) is 0 Å². The number of anilines is 1. The number of aromatic nitrogens is 2. The maximum absolute atomic E-state index is 12.4. The highest BCUT2D eigenvalue weighted by atomic mass is 16.2. The van der Waals surface area contributed by atoms with Gasteiger partial charge in [0.25, 0.3) is 5.91 Å². The molecule has 0 aliphatic carbocycles. The molecule has 1 aliphatic heterocycles. The molecule has 0 radical (unpaired) electrons. The molecule has 2 amide bonds. The summed E-state index contributed by atoms with van der Waals surface area (Å²) in [5.74, 6) is 0.426. The molecule has 1 aliphatic rings. The van der Waals surface area contributed by atoms with Gasteiger partial charge in [0.05, 0.1) is 11.9 Å². The minimum atomic E-state index is -0.187. The minimum absolute atomic E-state index is 0.121. The predicted octanol–water partition coefficient (Wildman–Crippen LogP) is 2.11. The Hall–Kier alpha value is -2.67. The van der Waals surface area contributed by atoms with Gasteiger partial charge in [-0.3, -0.25) is 19.2 Å². The van der Waals surface area contributed by atoms with Gasteiger partial charge in [0.2, 0.25) is 5.91 Å². The maximum atomic E-state index is 12.4. The van der Waals surface area contributed by atoms with Crippen LogP contribution in [0.2, 0.25) is 0 Å². The SMILES string of the molecule is CNC(=O)Cn1cc(NC(=O)c2ccc(CN3CCC[C@@H](C)C3)cc2)cn1. The molecule has 1 saturated heterocycles. The predicted molar refractivity (Wildman–Crippen MR) is 104 cm³/mol. The van der Waals surface area contributed by atoms with E-state index in [9.17, 15) is 9.59 Å². The summed E-state index contributed by atoms with van der Waals surface area (Å²) in [5.41, 5.74) is 2.39. The highest BCUT2D eigenvalue weighted by Crippen LogP contribution is 2.18. The van der Waals surface area contributed by atoms with Gasteiger partial charge < -0.3 is 10.6 Å². The average Bonchev–Trinajstić information content (AvgIpc) is 3.09. The summed E-state index contributed by atoms with van der Waals surface area (Å²) >= 11 is 0. The van der Waals surface area contributed by atoms with Crippen molar-refractivity contribution >= 4 is 17.5 Å². The standard InChI is InChI=1S/C20H27N5O2/c1-15-4-3-9-24(11-15)12-16-5-7-17(8-6-16)20(27)23-18-10-22-25(13-18)14-19(26)21-2/h5-8,10,13,15H,3-4,9,11-12,14H2,1-2H3,(H,21,26)(H,23,27)/t15-/m1/s1. The van der Waals surface area contributed by atoms with E-state index >= 15 is 0 Å². The van der Waals surface area contributed by atoms with Crippen LogP contribution < -0.4 is 10.6 Å². The van der Waals surface area contributed by atoms with Crippen molar-refractivity contribution in [2.75, 3.05) is 25.5 Å². The van der Waals surface area contributed by atoms with Gasteiger partial charge in [0.15, 0.2) is 0 Å². The Kier molecular flexibility index (Phi) is 6.24. The zero-order chi connectivity index (χ0) is 19.2. The first-order chi connectivity index (χ1) is 13.0. The number of benzene rings is 1. The number of amides is 2. The first-order valence-corrected chi connectivity index (χ1v) is 9.39. The number of hydrogen-bond donors (Lipinski definition) is 2. The molecule has 0 unspecified atom stereocenters. The van der Waals surface area contributed by atoms with Gasteiger partial charge in [-0.15, -0.1) is 0 Å². The lowest BCUT2D eigenvalue weighted by Gasteiger charge is -2.30. The van der Waals surface area contributed by atoms with Crippen LogP contribution in [0, 0.1) is 5.92 Å². The Balaban J connectivity index is 1.55. The molecule has 27 heavy (non-hydrogen) atoms. The van der Waals surface area contributed by atoms with Crippen LogP contribution in [0.1, 0.15) is 35.7 Å². The van der Waals surface area contributed by atoms with Crippen LogP contribution in [0.25, 0.3) is 0 Å². The monoisotopic (exact) mass is 369 g/mol. The number of likely N-dealkylation sites (N-methyl/N-ethyl adjacent to an activating group) is 1. The molecule has 2 heterocycles. The lowest BCUT2D eigenvalue weighted by Crippen LogP contribution is -2.33. The largest absolute Gasteiger partial charge is 0.358 e. The Morgan fingerprint density at radius 3 is 2.74 bits per heavy atom. The van der Waals surface area contributed by atoms with E-state index in [0.29, 0.717) is 11.3 Å². The van der Waals surface area contributed by atoms with E-state index < -0.39 is 0 Å². The summed E-state index contributed by atoms with van der Waals surface area (Å²) in [4.78, 5) is 26.2. The zero-order valence-corrected chi connectivity index (χ0v) is 15.9. The van der Waals surface area contributed by atoms with Gasteiger partial charge in [0.1, 0.15) is 6.54 Å². The number of likely N-dealkylation sites (tertiary alicyclic amines) is 1. The quantitative estimate of drug-likeness (QED) is 0.817. The molecule has 0 saturated carbocycles. The highest BCUT2D eigenvalue weighted by molar-refractivity contribution is 6.04. The van der Waals surface area contributed by atoms with Crippen LogP contribution in [0.4, 0.5) is 5.69 Å². The van der Waals surface area contributed by atoms with Crippen LogP contribution in [0.5, 0.6) is 0 Å². The van der Waals surface area contributed by atoms with Crippen LogP contribution in [0.3, 0.4) is 0 Å². The summed E-state index contributed by atoms with van der Waals surface area (Å²) in [6.07, 6.45) is 5.75. The van der Waals surface area contributed by atoms with Gasteiger partial charge >= 0.3 is 0 Å².